The van der Waals surface area contributed by atoms with Crippen LogP contribution in [0.2, 0.25) is 10.0 Å². The molecule has 4 rings (SSSR count). The highest BCUT2D eigenvalue weighted by atomic mass is 35.5. The molecule has 0 aliphatic carbocycles. The summed E-state index contributed by atoms with van der Waals surface area (Å²) in [6.07, 6.45) is -5.48. The summed E-state index contributed by atoms with van der Waals surface area (Å²) in [5, 5.41) is 3.96. The van der Waals surface area contributed by atoms with Gasteiger partial charge in [0.2, 0.25) is 0 Å². The quantitative estimate of drug-likeness (QED) is 0.516. The first kappa shape index (κ1) is 24.6. The van der Waals surface area contributed by atoms with E-state index < -0.39 is 18.2 Å². The van der Waals surface area contributed by atoms with Gasteiger partial charge in [0.05, 0.1) is 12.5 Å². The van der Waals surface area contributed by atoms with Gasteiger partial charge in [0.15, 0.2) is 0 Å². The predicted octanol–water partition coefficient (Wildman–Crippen LogP) is 5.88. The number of carbonyl (C=O) groups is 1. The zero-order valence-corrected chi connectivity index (χ0v) is 20.1. The summed E-state index contributed by atoms with van der Waals surface area (Å²) >= 11 is 11.9. The normalized spacial score (nSPS) is 19.8. The van der Waals surface area contributed by atoms with Crippen LogP contribution >= 0.6 is 23.2 Å². The molecule has 2 aromatic carbocycles. The number of oxime groups is 1. The molecule has 2 aromatic rings. The Morgan fingerprint density at radius 2 is 1.76 bits per heavy atom. The number of aryl methyl sites for hydroxylation is 1. The van der Waals surface area contributed by atoms with E-state index in [2.05, 4.69) is 10.6 Å². The fraction of sp³-hybridized carbons (Fsp3) is 0.391. The van der Waals surface area contributed by atoms with Gasteiger partial charge in [0.25, 0.3) is 11.5 Å². The number of halogens is 5. The van der Waals surface area contributed by atoms with Crippen molar-refractivity contribution in [3.8, 4) is 0 Å². The van der Waals surface area contributed by atoms with Crippen molar-refractivity contribution >= 4 is 34.9 Å². The lowest BCUT2D eigenvalue weighted by Gasteiger charge is -2.30. The van der Waals surface area contributed by atoms with Gasteiger partial charge in [-0.1, -0.05) is 34.4 Å². The Balaban J connectivity index is 1.57. The molecule has 34 heavy (non-hydrogen) atoms. The summed E-state index contributed by atoms with van der Waals surface area (Å²) in [5.41, 5.74) is 2.38. The zero-order valence-electron chi connectivity index (χ0n) is 18.6. The smallest absolute Gasteiger partial charge is 0.372 e. The average molecular weight is 516 g/mol. The molecule has 11 heteroatoms. The number of amidine groups is 1. The van der Waals surface area contributed by atoms with Crippen LogP contribution in [0, 0.1) is 6.92 Å². The standard InChI is InChI=1S/C23H22Cl2F3N3O3/c1-12(2)33-30-21(32)19-5-15-11-31(10-14(15)4-13(19)3)20-9-22(34-29-20,23(26,27)28)16-6-17(24)8-18(25)7-16/h4-8,12H,9-11H2,1-3H3,(H,30,32). The number of nitrogens with one attached hydrogen (secondary N) is 1. The molecule has 1 unspecified atom stereocenters. The topological polar surface area (TPSA) is 63.2 Å². The van der Waals surface area contributed by atoms with Crippen LogP contribution in [0.3, 0.4) is 0 Å². The molecule has 182 valence electrons. The molecular weight excluding hydrogens is 494 g/mol. The number of fused-ring (bicyclic) bond motifs is 1. The number of alkyl halides is 3. The van der Waals surface area contributed by atoms with Gasteiger partial charge in [-0.25, -0.2) is 5.48 Å². The van der Waals surface area contributed by atoms with E-state index in [1.807, 2.05) is 6.07 Å². The third-order valence-corrected chi connectivity index (χ3v) is 6.20. The van der Waals surface area contributed by atoms with Crippen LogP contribution < -0.4 is 5.48 Å². The molecule has 0 spiro atoms. The first-order valence-electron chi connectivity index (χ1n) is 10.5. The molecular formula is C23H22Cl2F3N3O3. The molecule has 6 nitrogen and oxygen atoms in total. The maximum absolute atomic E-state index is 14.3. The van der Waals surface area contributed by atoms with Gasteiger partial charge in [0, 0.05) is 34.3 Å². The second-order valence-electron chi connectivity index (χ2n) is 8.65. The average Bonchev–Trinajstić information content (AvgIpc) is 3.35. The van der Waals surface area contributed by atoms with Crippen LogP contribution in [-0.4, -0.2) is 28.9 Å². The van der Waals surface area contributed by atoms with Crippen molar-refractivity contribution in [2.75, 3.05) is 0 Å². The molecule has 1 N–H and O–H groups in total. The Morgan fingerprint density at radius 1 is 1.15 bits per heavy atom. The molecule has 0 saturated carbocycles. The number of benzene rings is 2. The molecule has 1 atom stereocenters. The van der Waals surface area contributed by atoms with Gasteiger partial charge < -0.3 is 9.74 Å². The Morgan fingerprint density at radius 3 is 2.35 bits per heavy atom. The third-order valence-electron chi connectivity index (χ3n) is 5.77. The second-order valence-corrected chi connectivity index (χ2v) is 9.52. The SMILES string of the molecule is Cc1cc2c(cc1C(=O)NOC(C)C)CN(C1=NOC(c3cc(Cl)cc(Cl)c3)(C(F)(F)F)C1)C2. The van der Waals surface area contributed by atoms with Gasteiger partial charge in [-0.15, -0.1) is 0 Å². The monoisotopic (exact) mass is 515 g/mol. The first-order valence-corrected chi connectivity index (χ1v) is 11.3. The van der Waals surface area contributed by atoms with Crippen molar-refractivity contribution in [1.82, 2.24) is 10.4 Å². The molecule has 0 bridgehead atoms. The lowest BCUT2D eigenvalue weighted by Crippen LogP contribution is -2.43. The third kappa shape index (κ3) is 4.56. The summed E-state index contributed by atoms with van der Waals surface area (Å²) < 4.78 is 42.8. The highest BCUT2D eigenvalue weighted by molar-refractivity contribution is 6.34. The van der Waals surface area contributed by atoms with E-state index in [1.54, 1.807) is 31.7 Å². The number of hydrogen-bond donors (Lipinski definition) is 1. The first-order chi connectivity index (χ1) is 15.9. The van der Waals surface area contributed by atoms with Crippen molar-refractivity contribution in [1.29, 1.82) is 0 Å². The van der Waals surface area contributed by atoms with Gasteiger partial charge in [-0.05, 0) is 61.7 Å². The van der Waals surface area contributed by atoms with Crippen molar-refractivity contribution < 1.29 is 27.6 Å². The Hall–Kier alpha value is -2.49. The van der Waals surface area contributed by atoms with E-state index >= 15 is 0 Å². The summed E-state index contributed by atoms with van der Waals surface area (Å²) in [6, 6.07) is 7.31. The fourth-order valence-electron chi connectivity index (χ4n) is 4.07. The lowest BCUT2D eigenvalue weighted by atomic mass is 9.89. The molecule has 0 fully saturated rings. The number of hydroxylamine groups is 1. The Kier molecular flexibility index (Phi) is 6.48. The fourth-order valence-corrected chi connectivity index (χ4v) is 4.60. The molecule has 0 saturated heterocycles. The maximum Gasteiger partial charge on any atom is 0.435 e. The van der Waals surface area contributed by atoms with Crippen LogP contribution in [-0.2, 0) is 28.4 Å². The van der Waals surface area contributed by atoms with Gasteiger partial charge >= 0.3 is 6.18 Å². The molecule has 1 amide bonds. The predicted molar refractivity (Wildman–Crippen MR) is 121 cm³/mol. The summed E-state index contributed by atoms with van der Waals surface area (Å²) in [7, 11) is 0. The van der Waals surface area contributed by atoms with Crippen molar-refractivity contribution in [2.45, 2.75) is 58.2 Å². The van der Waals surface area contributed by atoms with Crippen LogP contribution in [0.25, 0.3) is 0 Å². The van der Waals surface area contributed by atoms with E-state index in [1.165, 1.54) is 18.2 Å². The van der Waals surface area contributed by atoms with Crippen molar-refractivity contribution in [2.24, 2.45) is 5.16 Å². The highest BCUT2D eigenvalue weighted by Crippen LogP contribution is 2.50. The summed E-state index contributed by atoms with van der Waals surface area (Å²) in [6.45, 7) is 5.99. The van der Waals surface area contributed by atoms with Gasteiger partial charge in [-0.2, -0.15) is 13.2 Å². The van der Waals surface area contributed by atoms with Crippen molar-refractivity contribution in [3.05, 3.63) is 68.2 Å². The molecule has 2 heterocycles. The second kappa shape index (κ2) is 8.94. The number of carbonyl (C=O) groups excluding carboxylic acids is 1. The Labute approximate surface area is 204 Å². The molecule has 0 radical (unpaired) electrons. The largest absolute Gasteiger partial charge is 0.435 e. The van der Waals surface area contributed by atoms with Gasteiger partial charge in [0.1, 0.15) is 5.84 Å². The number of rotatable bonds is 4. The summed E-state index contributed by atoms with van der Waals surface area (Å²) in [5.74, 6) is -0.237. The van der Waals surface area contributed by atoms with Crippen molar-refractivity contribution in [3.63, 3.8) is 0 Å². The Bertz CT molecular complexity index is 1150. The van der Waals surface area contributed by atoms with E-state index in [9.17, 15) is 18.0 Å². The van der Waals surface area contributed by atoms with E-state index in [0.29, 0.717) is 12.1 Å². The molecule has 2 aliphatic rings. The number of hydrogen-bond acceptors (Lipinski definition) is 5. The zero-order chi connectivity index (χ0) is 24.8. The van der Waals surface area contributed by atoms with Crippen LogP contribution in [0.5, 0.6) is 0 Å². The number of nitrogens with zero attached hydrogens (tertiary/aromatic N) is 2. The van der Waals surface area contributed by atoms with Crippen LogP contribution in [0.15, 0.2) is 35.5 Å². The van der Waals surface area contributed by atoms with Crippen LogP contribution in [0.1, 0.15) is 52.9 Å². The minimum Gasteiger partial charge on any atom is -0.372 e. The molecule has 2 aliphatic heterocycles. The maximum atomic E-state index is 14.3. The van der Waals surface area contributed by atoms with Crippen LogP contribution in [0.4, 0.5) is 13.2 Å². The van der Waals surface area contributed by atoms with E-state index in [4.69, 9.17) is 32.9 Å². The highest BCUT2D eigenvalue weighted by Gasteiger charge is 2.63. The minimum absolute atomic E-state index is 0.0690. The summed E-state index contributed by atoms with van der Waals surface area (Å²) in [4.78, 5) is 24.4. The van der Waals surface area contributed by atoms with Gasteiger partial charge in [-0.3, -0.25) is 9.63 Å². The molecule has 0 aromatic heterocycles. The number of amides is 1. The minimum atomic E-state index is -4.77. The van der Waals surface area contributed by atoms with E-state index in [-0.39, 0.29) is 40.0 Å². The van der Waals surface area contributed by atoms with E-state index in [0.717, 1.165) is 16.7 Å². The lowest BCUT2D eigenvalue weighted by molar-refractivity contribution is -0.275.